The molecule has 0 unspecified atom stereocenters. The number of anilines is 1. The van der Waals surface area contributed by atoms with Crippen molar-refractivity contribution < 1.29 is 9.18 Å². The first-order chi connectivity index (χ1) is 9.67. The average Bonchev–Trinajstić information content (AvgIpc) is 2.47. The van der Waals surface area contributed by atoms with Gasteiger partial charge in [-0.3, -0.25) is 4.79 Å². The van der Waals surface area contributed by atoms with Crippen molar-refractivity contribution in [2.45, 2.75) is 6.42 Å². The summed E-state index contributed by atoms with van der Waals surface area (Å²) in [6.07, 6.45) is 0.305. The Balaban J connectivity index is 1.86. The van der Waals surface area contributed by atoms with Gasteiger partial charge in [-0.2, -0.15) is 5.26 Å². The van der Waals surface area contributed by atoms with Crippen molar-refractivity contribution in [1.82, 2.24) is 0 Å². The molecule has 2 aromatic rings. The Morgan fingerprint density at radius 1 is 1.10 bits per heavy atom. The maximum Gasteiger partial charge on any atom is 0.156 e. The minimum atomic E-state index is -0.306. The van der Waals surface area contributed by atoms with Crippen molar-refractivity contribution >= 4 is 11.5 Å². The minimum absolute atomic E-state index is 0.0269. The molecule has 100 valence electrons. The Kier molecular flexibility index (Phi) is 4.46. The third-order valence-electron chi connectivity index (χ3n) is 2.82. The summed E-state index contributed by atoms with van der Waals surface area (Å²) in [6, 6.07) is 14.8. The van der Waals surface area contributed by atoms with Crippen molar-refractivity contribution in [2.75, 3.05) is 11.9 Å². The summed E-state index contributed by atoms with van der Waals surface area (Å²) in [6.45, 7) is 0.186. The van der Waals surface area contributed by atoms with E-state index in [1.165, 1.54) is 12.1 Å². The van der Waals surface area contributed by atoms with Gasteiger partial charge in [-0.25, -0.2) is 4.39 Å². The molecule has 1 N–H and O–H groups in total. The molecule has 2 aromatic carbocycles. The lowest BCUT2D eigenvalue weighted by atomic mass is 10.1. The lowest BCUT2D eigenvalue weighted by Crippen LogP contribution is -2.15. The normalized spacial score (nSPS) is 9.80. The summed E-state index contributed by atoms with van der Waals surface area (Å²) in [4.78, 5) is 11.8. The van der Waals surface area contributed by atoms with Gasteiger partial charge in [0.25, 0.3) is 0 Å². The van der Waals surface area contributed by atoms with E-state index in [-0.39, 0.29) is 18.1 Å². The fourth-order valence-corrected chi connectivity index (χ4v) is 1.76. The second-order valence-corrected chi connectivity index (χ2v) is 4.38. The summed E-state index contributed by atoms with van der Waals surface area (Å²) in [5.74, 6) is -0.279. The summed E-state index contributed by atoms with van der Waals surface area (Å²) in [7, 11) is 0. The smallest absolute Gasteiger partial charge is 0.156 e. The van der Waals surface area contributed by atoms with Crippen LogP contribution in [0.15, 0.2) is 48.5 Å². The van der Waals surface area contributed by atoms with Crippen molar-refractivity contribution in [3.05, 3.63) is 65.5 Å². The maximum absolute atomic E-state index is 12.7. The zero-order valence-electron chi connectivity index (χ0n) is 10.8. The first kappa shape index (κ1) is 13.8. The SMILES string of the molecule is N#Cc1ccc(CC(=O)CNc2ccc(F)cc2)cc1. The monoisotopic (exact) mass is 268 g/mol. The Hall–Kier alpha value is -2.67. The van der Waals surface area contributed by atoms with Crippen LogP contribution in [0.25, 0.3) is 0 Å². The van der Waals surface area contributed by atoms with Crippen molar-refractivity contribution in [3.8, 4) is 6.07 Å². The molecule has 0 aliphatic rings. The molecule has 0 amide bonds. The first-order valence-corrected chi connectivity index (χ1v) is 6.17. The highest BCUT2D eigenvalue weighted by atomic mass is 19.1. The van der Waals surface area contributed by atoms with Crippen LogP contribution in [0.4, 0.5) is 10.1 Å². The van der Waals surface area contributed by atoms with E-state index in [1.54, 1.807) is 36.4 Å². The molecule has 2 rings (SSSR count). The van der Waals surface area contributed by atoms with E-state index >= 15 is 0 Å². The molecule has 0 saturated carbocycles. The van der Waals surface area contributed by atoms with Crippen LogP contribution in [-0.4, -0.2) is 12.3 Å². The van der Waals surface area contributed by atoms with E-state index in [9.17, 15) is 9.18 Å². The predicted molar refractivity (Wildman–Crippen MR) is 74.8 cm³/mol. The highest BCUT2D eigenvalue weighted by Gasteiger charge is 2.04. The van der Waals surface area contributed by atoms with Gasteiger partial charge in [0.15, 0.2) is 5.78 Å². The van der Waals surface area contributed by atoms with Gasteiger partial charge in [0.2, 0.25) is 0 Å². The second-order valence-electron chi connectivity index (χ2n) is 4.38. The fourth-order valence-electron chi connectivity index (χ4n) is 1.76. The lowest BCUT2D eigenvalue weighted by molar-refractivity contribution is -0.116. The zero-order chi connectivity index (χ0) is 14.4. The molecule has 0 spiro atoms. The summed E-state index contributed by atoms with van der Waals surface area (Å²) < 4.78 is 12.7. The highest BCUT2D eigenvalue weighted by Crippen LogP contribution is 2.08. The molecule has 0 heterocycles. The zero-order valence-corrected chi connectivity index (χ0v) is 10.8. The van der Waals surface area contributed by atoms with Crippen molar-refractivity contribution in [2.24, 2.45) is 0 Å². The Morgan fingerprint density at radius 3 is 2.35 bits per heavy atom. The lowest BCUT2D eigenvalue weighted by Gasteiger charge is -2.06. The number of nitrogens with one attached hydrogen (secondary N) is 1. The van der Waals surface area contributed by atoms with Crippen molar-refractivity contribution in [1.29, 1.82) is 5.26 Å². The Morgan fingerprint density at radius 2 is 1.75 bits per heavy atom. The van der Waals surface area contributed by atoms with Crippen LogP contribution < -0.4 is 5.32 Å². The largest absolute Gasteiger partial charge is 0.378 e. The molecule has 0 aromatic heterocycles. The number of benzene rings is 2. The van der Waals surface area contributed by atoms with Gasteiger partial charge in [0.1, 0.15) is 5.82 Å². The van der Waals surface area contributed by atoms with Crippen LogP contribution in [-0.2, 0) is 11.2 Å². The molecule has 0 saturated heterocycles. The first-order valence-electron chi connectivity index (χ1n) is 6.17. The van der Waals surface area contributed by atoms with Crippen molar-refractivity contribution in [3.63, 3.8) is 0 Å². The number of ketones is 1. The average molecular weight is 268 g/mol. The molecule has 0 bridgehead atoms. The third-order valence-corrected chi connectivity index (χ3v) is 2.82. The van der Waals surface area contributed by atoms with Gasteiger partial charge in [-0.1, -0.05) is 12.1 Å². The second kappa shape index (κ2) is 6.48. The van der Waals surface area contributed by atoms with Crippen LogP contribution in [0.5, 0.6) is 0 Å². The van der Waals surface area contributed by atoms with Crippen LogP contribution in [0, 0.1) is 17.1 Å². The van der Waals surface area contributed by atoms with Gasteiger partial charge in [-0.05, 0) is 42.0 Å². The summed E-state index contributed by atoms with van der Waals surface area (Å²) >= 11 is 0. The molecule has 0 atom stereocenters. The molecular formula is C16H13FN2O. The number of hydrogen-bond acceptors (Lipinski definition) is 3. The van der Waals surface area contributed by atoms with Gasteiger partial charge >= 0.3 is 0 Å². The van der Waals surface area contributed by atoms with Crippen LogP contribution in [0.2, 0.25) is 0 Å². The number of Topliss-reactive ketones (excluding diaryl/α,β-unsaturated/α-hetero) is 1. The number of hydrogen-bond donors (Lipinski definition) is 1. The number of halogens is 1. The predicted octanol–water partition coefficient (Wildman–Crippen LogP) is 2.92. The summed E-state index contributed by atoms with van der Waals surface area (Å²) in [5, 5.41) is 11.6. The molecule has 0 aliphatic heterocycles. The standard InChI is InChI=1S/C16H13FN2O/c17-14-5-7-15(8-6-14)19-11-16(20)9-12-1-3-13(10-18)4-2-12/h1-8,19H,9,11H2. The molecule has 4 heteroatoms. The Bertz CT molecular complexity index is 627. The van der Waals surface area contributed by atoms with Crippen LogP contribution in [0.3, 0.4) is 0 Å². The number of carbonyl (C=O) groups excluding carboxylic acids is 1. The van der Waals surface area contributed by atoms with Gasteiger partial charge in [-0.15, -0.1) is 0 Å². The van der Waals surface area contributed by atoms with E-state index < -0.39 is 0 Å². The Labute approximate surface area is 116 Å². The summed E-state index contributed by atoms with van der Waals surface area (Å²) in [5.41, 5.74) is 2.15. The van der Waals surface area contributed by atoms with E-state index in [1.807, 2.05) is 6.07 Å². The molecule has 20 heavy (non-hydrogen) atoms. The number of nitriles is 1. The highest BCUT2D eigenvalue weighted by molar-refractivity contribution is 5.85. The number of nitrogens with zero attached hydrogens (tertiary/aromatic N) is 1. The number of rotatable bonds is 5. The topological polar surface area (TPSA) is 52.9 Å². The minimum Gasteiger partial charge on any atom is -0.378 e. The molecule has 0 radical (unpaired) electrons. The van der Waals surface area contributed by atoms with Crippen LogP contribution >= 0.6 is 0 Å². The molecule has 3 nitrogen and oxygen atoms in total. The molecule has 0 fully saturated rings. The van der Waals surface area contributed by atoms with Gasteiger partial charge in [0.05, 0.1) is 18.2 Å². The quantitative estimate of drug-likeness (QED) is 0.907. The van der Waals surface area contributed by atoms with Gasteiger partial charge < -0.3 is 5.32 Å². The third kappa shape index (κ3) is 3.92. The maximum atomic E-state index is 12.7. The molecular weight excluding hydrogens is 255 g/mol. The van der Waals surface area contributed by atoms with Crippen LogP contribution in [0.1, 0.15) is 11.1 Å². The fraction of sp³-hybridized carbons (Fsp3) is 0.125. The van der Waals surface area contributed by atoms with E-state index in [4.69, 9.17) is 5.26 Å². The van der Waals surface area contributed by atoms with E-state index in [2.05, 4.69) is 5.32 Å². The van der Waals surface area contributed by atoms with E-state index in [0.717, 1.165) is 5.56 Å². The van der Waals surface area contributed by atoms with Gasteiger partial charge in [0, 0.05) is 12.1 Å². The van der Waals surface area contributed by atoms with E-state index in [0.29, 0.717) is 17.7 Å². The molecule has 0 aliphatic carbocycles. The number of carbonyl (C=O) groups is 1.